The van der Waals surface area contributed by atoms with Crippen LogP contribution < -0.4 is 11.1 Å². The average molecular weight is 238 g/mol. The summed E-state index contributed by atoms with van der Waals surface area (Å²) in [5.74, 6) is 0.521. The SMILES string of the molecule is CCCC(N)CC(=O)Nc1ccn(C(C)C)n1. The summed E-state index contributed by atoms with van der Waals surface area (Å²) in [4.78, 5) is 11.6. The topological polar surface area (TPSA) is 72.9 Å². The zero-order valence-electron chi connectivity index (χ0n) is 10.8. The van der Waals surface area contributed by atoms with Gasteiger partial charge in [-0.2, -0.15) is 5.10 Å². The molecule has 0 spiro atoms. The minimum absolute atomic E-state index is 0.0628. The van der Waals surface area contributed by atoms with E-state index in [4.69, 9.17) is 5.73 Å². The van der Waals surface area contributed by atoms with Crippen LogP contribution in [0.3, 0.4) is 0 Å². The van der Waals surface area contributed by atoms with Gasteiger partial charge in [0.2, 0.25) is 5.91 Å². The Hall–Kier alpha value is -1.36. The molecule has 5 nitrogen and oxygen atoms in total. The van der Waals surface area contributed by atoms with Crippen molar-refractivity contribution < 1.29 is 4.79 Å². The summed E-state index contributed by atoms with van der Waals surface area (Å²) in [6.07, 6.45) is 4.07. The average Bonchev–Trinajstić information content (AvgIpc) is 2.66. The van der Waals surface area contributed by atoms with Gasteiger partial charge < -0.3 is 11.1 Å². The molecule has 0 aliphatic heterocycles. The molecule has 0 fully saturated rings. The molecule has 0 aliphatic carbocycles. The molecule has 1 heterocycles. The van der Waals surface area contributed by atoms with Crippen LogP contribution in [0.2, 0.25) is 0 Å². The number of anilines is 1. The standard InChI is InChI=1S/C12H22N4O/c1-4-5-10(13)8-12(17)14-11-6-7-16(15-11)9(2)3/h6-7,9-10H,4-5,8,13H2,1-3H3,(H,14,15,17). The molecule has 1 rings (SSSR count). The smallest absolute Gasteiger partial charge is 0.227 e. The van der Waals surface area contributed by atoms with Crippen LogP contribution in [0.25, 0.3) is 0 Å². The lowest BCUT2D eigenvalue weighted by atomic mass is 10.1. The molecular formula is C12H22N4O. The van der Waals surface area contributed by atoms with Crippen molar-refractivity contribution in [3.63, 3.8) is 0 Å². The van der Waals surface area contributed by atoms with Crippen molar-refractivity contribution in [2.24, 2.45) is 5.73 Å². The van der Waals surface area contributed by atoms with Crippen LogP contribution >= 0.6 is 0 Å². The fourth-order valence-corrected chi connectivity index (χ4v) is 1.60. The number of carbonyl (C=O) groups excluding carboxylic acids is 1. The molecule has 5 heteroatoms. The summed E-state index contributed by atoms with van der Waals surface area (Å²) in [7, 11) is 0. The van der Waals surface area contributed by atoms with E-state index in [9.17, 15) is 4.79 Å². The lowest BCUT2D eigenvalue weighted by molar-refractivity contribution is -0.116. The van der Waals surface area contributed by atoms with E-state index in [2.05, 4.69) is 17.3 Å². The maximum absolute atomic E-state index is 11.6. The second-order valence-corrected chi connectivity index (χ2v) is 4.58. The molecule has 0 aliphatic rings. The fourth-order valence-electron chi connectivity index (χ4n) is 1.60. The van der Waals surface area contributed by atoms with Crippen LogP contribution in [-0.4, -0.2) is 21.7 Å². The maximum atomic E-state index is 11.6. The maximum Gasteiger partial charge on any atom is 0.227 e. The molecule has 1 unspecified atom stereocenters. The molecular weight excluding hydrogens is 216 g/mol. The van der Waals surface area contributed by atoms with Crippen molar-refractivity contribution in [1.29, 1.82) is 0 Å². The summed E-state index contributed by atoms with van der Waals surface area (Å²) < 4.78 is 1.81. The first-order valence-electron chi connectivity index (χ1n) is 6.13. The predicted octanol–water partition coefficient (Wildman–Crippen LogP) is 1.92. The molecule has 96 valence electrons. The molecule has 1 aromatic heterocycles. The number of nitrogens with zero attached hydrogens (tertiary/aromatic N) is 2. The lowest BCUT2D eigenvalue weighted by Gasteiger charge is -2.09. The van der Waals surface area contributed by atoms with Gasteiger partial charge in [0.1, 0.15) is 0 Å². The van der Waals surface area contributed by atoms with E-state index in [1.165, 1.54) is 0 Å². The molecule has 0 radical (unpaired) electrons. The number of hydrogen-bond donors (Lipinski definition) is 2. The first-order valence-corrected chi connectivity index (χ1v) is 6.13. The number of hydrogen-bond acceptors (Lipinski definition) is 3. The van der Waals surface area contributed by atoms with E-state index in [1.807, 2.05) is 24.7 Å². The van der Waals surface area contributed by atoms with E-state index >= 15 is 0 Å². The highest BCUT2D eigenvalue weighted by Crippen LogP contribution is 2.09. The van der Waals surface area contributed by atoms with Crippen LogP contribution in [0.5, 0.6) is 0 Å². The van der Waals surface area contributed by atoms with Gasteiger partial charge in [-0.25, -0.2) is 0 Å². The van der Waals surface area contributed by atoms with Crippen molar-refractivity contribution in [3.05, 3.63) is 12.3 Å². The van der Waals surface area contributed by atoms with Gasteiger partial charge in [-0.1, -0.05) is 13.3 Å². The normalized spacial score (nSPS) is 12.8. The van der Waals surface area contributed by atoms with Crippen molar-refractivity contribution in [2.75, 3.05) is 5.32 Å². The minimum atomic E-state index is -0.0695. The molecule has 3 N–H and O–H groups in total. The van der Waals surface area contributed by atoms with Gasteiger partial charge in [0, 0.05) is 30.8 Å². The van der Waals surface area contributed by atoms with Gasteiger partial charge >= 0.3 is 0 Å². The number of rotatable bonds is 6. The van der Waals surface area contributed by atoms with E-state index in [1.54, 1.807) is 6.07 Å². The third kappa shape index (κ3) is 4.56. The lowest BCUT2D eigenvalue weighted by Crippen LogP contribution is -2.27. The number of nitrogens with one attached hydrogen (secondary N) is 1. The highest BCUT2D eigenvalue weighted by atomic mass is 16.1. The van der Waals surface area contributed by atoms with Crippen LogP contribution in [0.4, 0.5) is 5.82 Å². The number of aromatic nitrogens is 2. The summed E-state index contributed by atoms with van der Waals surface area (Å²) >= 11 is 0. The van der Waals surface area contributed by atoms with Crippen LogP contribution in [-0.2, 0) is 4.79 Å². The van der Waals surface area contributed by atoms with Crippen molar-refractivity contribution in [2.45, 2.75) is 52.1 Å². The highest BCUT2D eigenvalue weighted by molar-refractivity contribution is 5.90. The number of amides is 1. The Balaban J connectivity index is 2.44. The van der Waals surface area contributed by atoms with E-state index < -0.39 is 0 Å². The van der Waals surface area contributed by atoms with Crippen LogP contribution in [0.1, 0.15) is 46.1 Å². The van der Waals surface area contributed by atoms with Gasteiger partial charge in [0.15, 0.2) is 5.82 Å². The van der Waals surface area contributed by atoms with Crippen molar-refractivity contribution in [3.8, 4) is 0 Å². The Labute approximate surface area is 102 Å². The Morgan fingerprint density at radius 2 is 2.29 bits per heavy atom. The molecule has 0 saturated carbocycles. The fraction of sp³-hybridized carbons (Fsp3) is 0.667. The second kappa shape index (κ2) is 6.39. The molecule has 0 saturated heterocycles. The molecule has 1 amide bonds. The molecule has 17 heavy (non-hydrogen) atoms. The number of carbonyl (C=O) groups is 1. The first kappa shape index (κ1) is 13.7. The van der Waals surface area contributed by atoms with Crippen LogP contribution in [0.15, 0.2) is 12.3 Å². The summed E-state index contributed by atoms with van der Waals surface area (Å²) in [5, 5.41) is 7.00. The van der Waals surface area contributed by atoms with E-state index in [0.717, 1.165) is 12.8 Å². The third-order valence-electron chi connectivity index (χ3n) is 2.51. The van der Waals surface area contributed by atoms with Crippen molar-refractivity contribution >= 4 is 11.7 Å². The van der Waals surface area contributed by atoms with Gasteiger partial charge in [-0.15, -0.1) is 0 Å². The minimum Gasteiger partial charge on any atom is -0.327 e. The zero-order chi connectivity index (χ0) is 12.8. The van der Waals surface area contributed by atoms with Crippen molar-refractivity contribution in [1.82, 2.24) is 9.78 Å². The zero-order valence-corrected chi connectivity index (χ0v) is 10.8. The highest BCUT2D eigenvalue weighted by Gasteiger charge is 2.10. The summed E-state index contributed by atoms with van der Waals surface area (Å²) in [6.45, 7) is 6.13. The van der Waals surface area contributed by atoms with Gasteiger partial charge in [-0.05, 0) is 20.3 Å². The summed E-state index contributed by atoms with van der Waals surface area (Å²) in [6, 6.07) is 2.03. The third-order valence-corrected chi connectivity index (χ3v) is 2.51. The first-order chi connectivity index (χ1) is 8.02. The molecule has 1 atom stereocenters. The number of nitrogens with two attached hydrogens (primary N) is 1. The Bertz CT molecular complexity index is 359. The van der Waals surface area contributed by atoms with E-state index in [-0.39, 0.29) is 11.9 Å². The molecule has 0 aromatic carbocycles. The Kier molecular flexibility index (Phi) is 5.15. The Morgan fingerprint density at radius 1 is 1.59 bits per heavy atom. The Morgan fingerprint density at radius 3 is 2.82 bits per heavy atom. The monoisotopic (exact) mass is 238 g/mol. The predicted molar refractivity (Wildman–Crippen MR) is 68.7 cm³/mol. The molecule has 1 aromatic rings. The second-order valence-electron chi connectivity index (χ2n) is 4.58. The van der Waals surface area contributed by atoms with Crippen LogP contribution in [0, 0.1) is 0 Å². The van der Waals surface area contributed by atoms with Gasteiger partial charge in [0.05, 0.1) is 0 Å². The van der Waals surface area contributed by atoms with Gasteiger partial charge in [0.25, 0.3) is 0 Å². The van der Waals surface area contributed by atoms with Gasteiger partial charge in [-0.3, -0.25) is 9.48 Å². The quantitative estimate of drug-likeness (QED) is 0.795. The molecule has 0 bridgehead atoms. The van der Waals surface area contributed by atoms with E-state index in [0.29, 0.717) is 18.3 Å². The largest absolute Gasteiger partial charge is 0.327 e. The summed E-state index contributed by atoms with van der Waals surface area (Å²) in [5.41, 5.74) is 5.81.